The van der Waals surface area contributed by atoms with Crippen LogP contribution in [-0.2, 0) is 0 Å². The molecule has 0 aromatic carbocycles. The summed E-state index contributed by atoms with van der Waals surface area (Å²) < 4.78 is 0. The third-order valence-electron chi connectivity index (χ3n) is 5.06. The summed E-state index contributed by atoms with van der Waals surface area (Å²) in [5.41, 5.74) is 0. The molecule has 0 aromatic rings. The first-order chi connectivity index (χ1) is 8.70. The zero-order valence-electron chi connectivity index (χ0n) is 12.6. The van der Waals surface area contributed by atoms with Crippen molar-refractivity contribution in [2.24, 2.45) is 17.8 Å². The van der Waals surface area contributed by atoms with Crippen LogP contribution >= 0.6 is 0 Å². The molecule has 0 aromatic heterocycles. The van der Waals surface area contributed by atoms with Gasteiger partial charge in [-0.25, -0.2) is 0 Å². The Kier molecular flexibility index (Phi) is 5.50. The van der Waals surface area contributed by atoms with Crippen molar-refractivity contribution in [3.05, 3.63) is 0 Å². The predicted octanol–water partition coefficient (Wildman–Crippen LogP) is 3.13. The fraction of sp³-hybridized carbons (Fsp3) is 1.00. The number of likely N-dealkylation sites (tertiary alicyclic amines) is 1. The number of rotatable bonds is 4. The van der Waals surface area contributed by atoms with E-state index in [1.807, 2.05) is 0 Å². The van der Waals surface area contributed by atoms with Crippen LogP contribution in [0.5, 0.6) is 0 Å². The quantitative estimate of drug-likeness (QED) is 0.827. The van der Waals surface area contributed by atoms with Gasteiger partial charge in [0.05, 0.1) is 0 Å². The maximum atomic E-state index is 3.76. The average Bonchev–Trinajstić information content (AvgIpc) is 2.35. The normalized spacial score (nSPS) is 38.8. The Morgan fingerprint density at radius 2 is 1.78 bits per heavy atom. The fourth-order valence-electron chi connectivity index (χ4n) is 4.15. The van der Waals surface area contributed by atoms with Crippen molar-refractivity contribution in [3.63, 3.8) is 0 Å². The van der Waals surface area contributed by atoms with Crippen molar-refractivity contribution < 1.29 is 0 Å². The first-order valence-corrected chi connectivity index (χ1v) is 8.16. The van der Waals surface area contributed by atoms with E-state index in [4.69, 9.17) is 0 Å². The van der Waals surface area contributed by atoms with Crippen LogP contribution < -0.4 is 5.32 Å². The number of hydrogen-bond acceptors (Lipinski definition) is 2. The highest BCUT2D eigenvalue weighted by molar-refractivity contribution is 4.89. The van der Waals surface area contributed by atoms with Gasteiger partial charge in [-0.15, -0.1) is 0 Å². The monoisotopic (exact) mass is 252 g/mol. The number of piperidine rings is 1. The zero-order valence-corrected chi connectivity index (χ0v) is 12.6. The van der Waals surface area contributed by atoms with Crippen molar-refractivity contribution in [3.8, 4) is 0 Å². The molecule has 1 saturated carbocycles. The van der Waals surface area contributed by atoms with Crippen molar-refractivity contribution in [2.75, 3.05) is 26.2 Å². The van der Waals surface area contributed by atoms with E-state index >= 15 is 0 Å². The molecule has 1 heterocycles. The third kappa shape index (κ3) is 3.71. The molecule has 2 aliphatic rings. The van der Waals surface area contributed by atoms with E-state index in [2.05, 4.69) is 31.0 Å². The van der Waals surface area contributed by atoms with Gasteiger partial charge < -0.3 is 10.2 Å². The number of nitrogens with one attached hydrogen (secondary N) is 1. The van der Waals surface area contributed by atoms with Crippen LogP contribution in [0, 0.1) is 17.8 Å². The fourth-order valence-corrected chi connectivity index (χ4v) is 4.15. The second-order valence-electron chi connectivity index (χ2n) is 6.74. The molecule has 4 atom stereocenters. The largest absolute Gasteiger partial charge is 0.314 e. The van der Waals surface area contributed by atoms with E-state index < -0.39 is 0 Å². The lowest BCUT2D eigenvalue weighted by molar-refractivity contribution is 0.0925. The Morgan fingerprint density at radius 3 is 2.44 bits per heavy atom. The van der Waals surface area contributed by atoms with Crippen molar-refractivity contribution in [1.29, 1.82) is 0 Å². The van der Waals surface area contributed by atoms with E-state index in [0.29, 0.717) is 0 Å². The molecule has 0 spiro atoms. The topological polar surface area (TPSA) is 15.3 Å². The van der Waals surface area contributed by atoms with Gasteiger partial charge in [-0.2, -0.15) is 0 Å². The van der Waals surface area contributed by atoms with E-state index in [1.165, 1.54) is 51.7 Å². The van der Waals surface area contributed by atoms with Crippen molar-refractivity contribution >= 4 is 0 Å². The highest BCUT2D eigenvalue weighted by atomic mass is 15.1. The average molecular weight is 252 g/mol. The molecule has 2 rings (SSSR count). The van der Waals surface area contributed by atoms with Gasteiger partial charge in [0.15, 0.2) is 0 Å². The summed E-state index contributed by atoms with van der Waals surface area (Å²) in [7, 11) is 0. The van der Waals surface area contributed by atoms with Gasteiger partial charge in [-0.05, 0) is 63.1 Å². The third-order valence-corrected chi connectivity index (χ3v) is 5.06. The van der Waals surface area contributed by atoms with Gasteiger partial charge in [0, 0.05) is 12.6 Å². The molecular weight excluding hydrogens is 220 g/mol. The van der Waals surface area contributed by atoms with Crippen LogP contribution in [0.3, 0.4) is 0 Å². The minimum Gasteiger partial charge on any atom is -0.314 e. The Hall–Kier alpha value is -0.0800. The molecule has 106 valence electrons. The van der Waals surface area contributed by atoms with Gasteiger partial charge in [-0.1, -0.05) is 27.2 Å². The number of nitrogens with zero attached hydrogens (tertiary/aromatic N) is 1. The summed E-state index contributed by atoms with van der Waals surface area (Å²) in [4.78, 5) is 2.73. The summed E-state index contributed by atoms with van der Waals surface area (Å²) in [6.45, 7) is 12.3. The SMILES string of the molecule is CCNC1CC(C)CC(C)C1CN1CCCCC1. The van der Waals surface area contributed by atoms with Gasteiger partial charge in [0.1, 0.15) is 0 Å². The smallest absolute Gasteiger partial charge is 0.0112 e. The van der Waals surface area contributed by atoms with Crippen LogP contribution in [-0.4, -0.2) is 37.1 Å². The summed E-state index contributed by atoms with van der Waals surface area (Å²) in [6.07, 6.45) is 7.11. The van der Waals surface area contributed by atoms with E-state index in [9.17, 15) is 0 Å². The molecule has 1 N–H and O–H groups in total. The molecular formula is C16H32N2. The molecule has 1 saturated heterocycles. The van der Waals surface area contributed by atoms with Gasteiger partial charge in [0.25, 0.3) is 0 Å². The standard InChI is InChI=1S/C16H32N2/c1-4-17-16-11-13(2)10-14(3)15(16)12-18-8-6-5-7-9-18/h13-17H,4-12H2,1-3H3. The molecule has 2 heteroatoms. The number of hydrogen-bond donors (Lipinski definition) is 1. The van der Waals surface area contributed by atoms with Crippen LogP contribution in [0.2, 0.25) is 0 Å². The summed E-state index contributed by atoms with van der Waals surface area (Å²) in [5, 5.41) is 3.76. The maximum Gasteiger partial charge on any atom is 0.0112 e. The van der Waals surface area contributed by atoms with E-state index in [1.54, 1.807) is 0 Å². The van der Waals surface area contributed by atoms with Crippen molar-refractivity contribution in [2.45, 2.75) is 58.9 Å². The second kappa shape index (κ2) is 6.91. The van der Waals surface area contributed by atoms with Crippen LogP contribution in [0.1, 0.15) is 52.9 Å². The molecule has 0 amide bonds. The lowest BCUT2D eigenvalue weighted by atomic mass is 9.72. The zero-order chi connectivity index (χ0) is 13.0. The molecule has 1 aliphatic heterocycles. The first kappa shape index (κ1) is 14.3. The Balaban J connectivity index is 1.92. The van der Waals surface area contributed by atoms with Crippen LogP contribution in [0.15, 0.2) is 0 Å². The van der Waals surface area contributed by atoms with Gasteiger partial charge >= 0.3 is 0 Å². The Bertz CT molecular complexity index is 235. The molecule has 0 bridgehead atoms. The van der Waals surface area contributed by atoms with Crippen LogP contribution in [0.4, 0.5) is 0 Å². The van der Waals surface area contributed by atoms with Crippen LogP contribution in [0.25, 0.3) is 0 Å². The summed E-state index contributed by atoms with van der Waals surface area (Å²) in [6, 6.07) is 0.760. The molecule has 18 heavy (non-hydrogen) atoms. The van der Waals surface area contributed by atoms with E-state index in [0.717, 1.165) is 30.3 Å². The molecule has 1 aliphatic carbocycles. The van der Waals surface area contributed by atoms with Gasteiger partial charge in [0.2, 0.25) is 0 Å². The lowest BCUT2D eigenvalue weighted by Gasteiger charge is -2.43. The lowest BCUT2D eigenvalue weighted by Crippen LogP contribution is -2.49. The minimum atomic E-state index is 0.760. The van der Waals surface area contributed by atoms with Gasteiger partial charge in [-0.3, -0.25) is 0 Å². The summed E-state index contributed by atoms with van der Waals surface area (Å²) in [5.74, 6) is 2.67. The highest BCUT2D eigenvalue weighted by Gasteiger charge is 2.34. The first-order valence-electron chi connectivity index (χ1n) is 8.16. The minimum absolute atomic E-state index is 0.760. The highest BCUT2D eigenvalue weighted by Crippen LogP contribution is 2.34. The molecule has 4 unspecified atom stereocenters. The Morgan fingerprint density at radius 1 is 1.06 bits per heavy atom. The molecule has 0 radical (unpaired) electrons. The van der Waals surface area contributed by atoms with E-state index in [-0.39, 0.29) is 0 Å². The second-order valence-corrected chi connectivity index (χ2v) is 6.74. The summed E-state index contributed by atoms with van der Waals surface area (Å²) >= 11 is 0. The Labute approximate surface area is 114 Å². The molecule has 2 nitrogen and oxygen atoms in total. The maximum absolute atomic E-state index is 3.76. The predicted molar refractivity (Wildman–Crippen MR) is 78.8 cm³/mol. The van der Waals surface area contributed by atoms with Crippen molar-refractivity contribution in [1.82, 2.24) is 10.2 Å². The molecule has 2 fully saturated rings.